The lowest BCUT2D eigenvalue weighted by molar-refractivity contribution is 0.656. The molecule has 0 saturated heterocycles. The molecule has 1 atom stereocenters. The second-order valence-corrected chi connectivity index (χ2v) is 4.72. The highest BCUT2D eigenvalue weighted by atomic mass is 35.5. The van der Waals surface area contributed by atoms with Crippen LogP contribution < -0.4 is 5.32 Å². The first kappa shape index (κ1) is 10.5. The molecule has 1 N–H and O–H groups in total. The molecule has 2 heterocycles. The van der Waals surface area contributed by atoms with Crippen molar-refractivity contribution in [2.45, 2.75) is 6.04 Å². The van der Waals surface area contributed by atoms with Gasteiger partial charge in [0.15, 0.2) is 0 Å². The molecule has 0 amide bonds. The quantitative estimate of drug-likeness (QED) is 0.895. The topological polar surface area (TPSA) is 37.8 Å². The van der Waals surface area contributed by atoms with Crippen molar-refractivity contribution in [2.75, 3.05) is 7.05 Å². The summed E-state index contributed by atoms with van der Waals surface area (Å²) in [6, 6.07) is 5.69. The van der Waals surface area contributed by atoms with E-state index >= 15 is 0 Å². The SMILES string of the molecule is CNC(c1ncccn1)c1ccc(Cl)s1. The lowest BCUT2D eigenvalue weighted by Gasteiger charge is -2.11. The number of thiophene rings is 1. The molecule has 0 saturated carbocycles. The highest BCUT2D eigenvalue weighted by Gasteiger charge is 2.16. The van der Waals surface area contributed by atoms with Gasteiger partial charge in [0.05, 0.1) is 4.34 Å². The Morgan fingerprint density at radius 3 is 2.60 bits per heavy atom. The Balaban J connectivity index is 2.33. The number of halogens is 1. The van der Waals surface area contributed by atoms with Gasteiger partial charge in [-0.2, -0.15) is 0 Å². The third kappa shape index (κ3) is 2.34. The van der Waals surface area contributed by atoms with Gasteiger partial charge in [0.25, 0.3) is 0 Å². The Labute approximate surface area is 97.2 Å². The van der Waals surface area contributed by atoms with Gasteiger partial charge in [0.1, 0.15) is 11.9 Å². The third-order valence-electron chi connectivity index (χ3n) is 2.01. The molecular weight excluding hydrogens is 230 g/mol. The van der Waals surface area contributed by atoms with E-state index < -0.39 is 0 Å². The van der Waals surface area contributed by atoms with Gasteiger partial charge in [-0.05, 0) is 25.2 Å². The van der Waals surface area contributed by atoms with Crippen LogP contribution in [0.15, 0.2) is 30.6 Å². The highest BCUT2D eigenvalue weighted by molar-refractivity contribution is 7.16. The van der Waals surface area contributed by atoms with Crippen LogP contribution in [-0.2, 0) is 0 Å². The Morgan fingerprint density at radius 2 is 2.07 bits per heavy atom. The van der Waals surface area contributed by atoms with E-state index in [1.165, 1.54) is 11.3 Å². The Bertz CT molecular complexity index is 429. The van der Waals surface area contributed by atoms with E-state index in [-0.39, 0.29) is 6.04 Å². The molecule has 0 radical (unpaired) electrons. The minimum absolute atomic E-state index is 0.0173. The van der Waals surface area contributed by atoms with Crippen molar-refractivity contribution in [3.05, 3.63) is 45.6 Å². The number of nitrogens with one attached hydrogen (secondary N) is 1. The van der Waals surface area contributed by atoms with E-state index in [9.17, 15) is 0 Å². The second-order valence-electron chi connectivity index (χ2n) is 2.97. The van der Waals surface area contributed by atoms with Gasteiger partial charge in [-0.25, -0.2) is 9.97 Å². The monoisotopic (exact) mass is 239 g/mol. The first-order valence-electron chi connectivity index (χ1n) is 4.50. The molecule has 5 heteroatoms. The molecule has 0 aliphatic carbocycles. The Hall–Kier alpha value is -0.970. The third-order valence-corrected chi connectivity index (χ3v) is 3.31. The zero-order chi connectivity index (χ0) is 10.7. The van der Waals surface area contributed by atoms with Crippen LogP contribution in [0.2, 0.25) is 4.34 Å². The molecule has 1 unspecified atom stereocenters. The molecule has 2 aromatic heterocycles. The van der Waals surface area contributed by atoms with E-state index in [0.717, 1.165) is 15.0 Å². The Morgan fingerprint density at radius 1 is 1.33 bits per heavy atom. The summed E-state index contributed by atoms with van der Waals surface area (Å²) in [7, 11) is 1.88. The molecule has 0 aliphatic heterocycles. The minimum Gasteiger partial charge on any atom is -0.306 e. The second kappa shape index (κ2) is 4.70. The maximum atomic E-state index is 5.90. The molecule has 2 aromatic rings. The molecular formula is C10H10ClN3S. The summed E-state index contributed by atoms with van der Waals surface area (Å²) < 4.78 is 0.779. The Kier molecular flexibility index (Phi) is 3.30. The first-order chi connectivity index (χ1) is 7.31. The van der Waals surface area contributed by atoms with Crippen molar-refractivity contribution in [1.29, 1.82) is 0 Å². The van der Waals surface area contributed by atoms with Gasteiger partial charge in [0.2, 0.25) is 0 Å². The summed E-state index contributed by atoms with van der Waals surface area (Å²) in [4.78, 5) is 9.57. The van der Waals surface area contributed by atoms with E-state index in [0.29, 0.717) is 0 Å². The number of hydrogen-bond acceptors (Lipinski definition) is 4. The van der Waals surface area contributed by atoms with Crippen LogP contribution in [0, 0.1) is 0 Å². The van der Waals surface area contributed by atoms with Gasteiger partial charge < -0.3 is 5.32 Å². The number of aromatic nitrogens is 2. The molecule has 78 valence electrons. The molecule has 3 nitrogen and oxygen atoms in total. The molecule has 0 bridgehead atoms. The number of nitrogens with zero attached hydrogens (tertiary/aromatic N) is 2. The molecule has 15 heavy (non-hydrogen) atoms. The molecule has 0 aromatic carbocycles. The average molecular weight is 240 g/mol. The first-order valence-corrected chi connectivity index (χ1v) is 5.70. The van der Waals surface area contributed by atoms with Crippen LogP contribution in [0.4, 0.5) is 0 Å². The van der Waals surface area contributed by atoms with E-state index in [4.69, 9.17) is 11.6 Å². The fraction of sp³-hybridized carbons (Fsp3) is 0.200. The van der Waals surface area contributed by atoms with Crippen LogP contribution in [0.3, 0.4) is 0 Å². The molecule has 0 fully saturated rings. The van der Waals surface area contributed by atoms with Crippen LogP contribution in [-0.4, -0.2) is 17.0 Å². The van der Waals surface area contributed by atoms with Crippen LogP contribution in [0.25, 0.3) is 0 Å². The lowest BCUT2D eigenvalue weighted by atomic mass is 10.2. The van der Waals surface area contributed by atoms with E-state index in [1.807, 2.05) is 19.2 Å². The maximum Gasteiger partial charge on any atom is 0.150 e. The largest absolute Gasteiger partial charge is 0.306 e. The fourth-order valence-electron chi connectivity index (χ4n) is 1.34. The summed E-state index contributed by atoms with van der Waals surface area (Å²) in [6.07, 6.45) is 3.48. The van der Waals surface area contributed by atoms with Crippen molar-refractivity contribution in [3.63, 3.8) is 0 Å². The summed E-state index contributed by atoms with van der Waals surface area (Å²) in [6.45, 7) is 0. The van der Waals surface area contributed by atoms with E-state index in [2.05, 4.69) is 15.3 Å². The van der Waals surface area contributed by atoms with Crippen molar-refractivity contribution >= 4 is 22.9 Å². The van der Waals surface area contributed by atoms with Gasteiger partial charge in [-0.3, -0.25) is 0 Å². The predicted molar refractivity (Wildman–Crippen MR) is 62.3 cm³/mol. The molecule has 2 rings (SSSR count). The predicted octanol–water partition coefficient (Wildman–Crippen LogP) is 2.50. The normalized spacial score (nSPS) is 12.7. The highest BCUT2D eigenvalue weighted by Crippen LogP contribution is 2.28. The maximum absolute atomic E-state index is 5.90. The van der Waals surface area contributed by atoms with Crippen molar-refractivity contribution in [3.8, 4) is 0 Å². The van der Waals surface area contributed by atoms with Gasteiger partial charge in [-0.15, -0.1) is 11.3 Å². The number of rotatable bonds is 3. The zero-order valence-corrected chi connectivity index (χ0v) is 9.72. The standard InChI is InChI=1S/C10H10ClN3S/c1-12-9(7-3-4-8(11)15-7)10-13-5-2-6-14-10/h2-6,9,12H,1H3. The summed E-state index contributed by atoms with van der Waals surface area (Å²) in [5, 5.41) is 3.17. The van der Waals surface area contributed by atoms with Crippen molar-refractivity contribution in [1.82, 2.24) is 15.3 Å². The van der Waals surface area contributed by atoms with Gasteiger partial charge in [0, 0.05) is 17.3 Å². The number of hydrogen-bond donors (Lipinski definition) is 1. The molecule has 0 aliphatic rings. The zero-order valence-electron chi connectivity index (χ0n) is 8.14. The summed E-state index contributed by atoms with van der Waals surface area (Å²) >= 11 is 7.44. The van der Waals surface area contributed by atoms with E-state index in [1.54, 1.807) is 18.5 Å². The van der Waals surface area contributed by atoms with Gasteiger partial charge in [-0.1, -0.05) is 11.6 Å². The van der Waals surface area contributed by atoms with Crippen LogP contribution >= 0.6 is 22.9 Å². The summed E-state index contributed by atoms with van der Waals surface area (Å²) in [5.41, 5.74) is 0. The van der Waals surface area contributed by atoms with Crippen LogP contribution in [0.1, 0.15) is 16.7 Å². The fourth-order valence-corrected chi connectivity index (χ4v) is 2.51. The minimum atomic E-state index is 0.0173. The molecule has 0 spiro atoms. The van der Waals surface area contributed by atoms with Crippen molar-refractivity contribution in [2.24, 2.45) is 0 Å². The lowest BCUT2D eigenvalue weighted by Crippen LogP contribution is -2.18. The smallest absolute Gasteiger partial charge is 0.150 e. The van der Waals surface area contributed by atoms with Crippen molar-refractivity contribution < 1.29 is 0 Å². The van der Waals surface area contributed by atoms with Gasteiger partial charge >= 0.3 is 0 Å². The van der Waals surface area contributed by atoms with Crippen LogP contribution in [0.5, 0.6) is 0 Å². The summed E-state index contributed by atoms with van der Waals surface area (Å²) in [5.74, 6) is 0.763. The average Bonchev–Trinajstić information content (AvgIpc) is 2.68.